The summed E-state index contributed by atoms with van der Waals surface area (Å²) in [5.74, 6) is 0. The van der Waals surface area contributed by atoms with Crippen LogP contribution in [0.1, 0.15) is 40.8 Å². The molecule has 98 valence electrons. The zero-order chi connectivity index (χ0) is 13.2. The highest BCUT2D eigenvalue weighted by atomic mass is 16.3. The summed E-state index contributed by atoms with van der Waals surface area (Å²) in [7, 11) is 0. The van der Waals surface area contributed by atoms with Gasteiger partial charge in [-0.15, -0.1) is 0 Å². The van der Waals surface area contributed by atoms with Gasteiger partial charge in [-0.25, -0.2) is 0 Å². The van der Waals surface area contributed by atoms with Crippen molar-refractivity contribution in [2.45, 2.75) is 38.7 Å². The maximum atomic E-state index is 9.96. The number of aryl methyl sites for hydroxylation is 4. The van der Waals surface area contributed by atoms with Crippen LogP contribution < -0.4 is 0 Å². The van der Waals surface area contributed by atoms with Crippen LogP contribution in [-0.4, -0.2) is 5.11 Å². The van der Waals surface area contributed by atoms with Crippen LogP contribution in [0.2, 0.25) is 0 Å². The third-order valence-corrected chi connectivity index (χ3v) is 4.07. The molecule has 0 aromatic heterocycles. The Morgan fingerprint density at radius 3 is 1.95 bits per heavy atom. The smallest absolute Gasteiger partial charge is 0.0764 e. The first-order valence-corrected chi connectivity index (χ1v) is 7.10. The quantitative estimate of drug-likeness (QED) is 0.822. The minimum absolute atomic E-state index is 0.376. The van der Waals surface area contributed by atoms with Crippen molar-refractivity contribution in [2.24, 2.45) is 0 Å². The summed E-state index contributed by atoms with van der Waals surface area (Å²) in [4.78, 5) is 0. The van der Waals surface area contributed by atoms with Gasteiger partial charge in [0, 0.05) is 0 Å². The van der Waals surface area contributed by atoms with Crippen LogP contribution in [-0.2, 0) is 25.7 Å². The summed E-state index contributed by atoms with van der Waals surface area (Å²) in [5.41, 5.74) is 6.48. The molecule has 0 heterocycles. The van der Waals surface area contributed by atoms with E-state index in [4.69, 9.17) is 0 Å². The maximum Gasteiger partial charge on any atom is 0.0764 e. The molecule has 0 amide bonds. The van der Waals surface area contributed by atoms with Crippen LogP contribution in [0.4, 0.5) is 0 Å². The normalized spacial score (nSPS) is 15.9. The lowest BCUT2D eigenvalue weighted by molar-refractivity contribution is 0.198. The van der Waals surface area contributed by atoms with Gasteiger partial charge >= 0.3 is 0 Å². The molecule has 0 spiro atoms. The Labute approximate surface area is 114 Å². The Hall–Kier alpha value is -1.60. The van der Waals surface area contributed by atoms with Gasteiger partial charge in [0.1, 0.15) is 0 Å². The Morgan fingerprint density at radius 1 is 0.789 bits per heavy atom. The van der Waals surface area contributed by atoms with Crippen LogP contribution in [0.3, 0.4) is 0 Å². The zero-order valence-corrected chi connectivity index (χ0v) is 11.4. The predicted octanol–water partition coefficient (Wildman–Crippen LogP) is 3.62. The molecule has 1 nitrogen and oxygen atoms in total. The lowest BCUT2D eigenvalue weighted by Gasteiger charge is -2.16. The van der Waals surface area contributed by atoms with E-state index in [1.807, 2.05) is 6.92 Å². The van der Waals surface area contributed by atoms with Gasteiger partial charge in [0.15, 0.2) is 0 Å². The highest BCUT2D eigenvalue weighted by Crippen LogP contribution is 2.23. The SMILES string of the molecule is C[C@@H](O)c1cc2ccc1CCc1ccc(cc1)CC2. The minimum atomic E-state index is -0.376. The van der Waals surface area contributed by atoms with Crippen molar-refractivity contribution in [1.29, 1.82) is 0 Å². The number of hydrogen-bond acceptors (Lipinski definition) is 1. The summed E-state index contributed by atoms with van der Waals surface area (Å²) in [6, 6.07) is 15.6. The van der Waals surface area contributed by atoms with Gasteiger partial charge < -0.3 is 5.11 Å². The van der Waals surface area contributed by atoms with Gasteiger partial charge in [0.25, 0.3) is 0 Å². The Balaban J connectivity index is 2.01. The molecule has 2 aromatic carbocycles. The van der Waals surface area contributed by atoms with Crippen molar-refractivity contribution < 1.29 is 5.11 Å². The Bertz CT molecular complexity index is 567. The lowest BCUT2D eigenvalue weighted by Crippen LogP contribution is -2.04. The Kier molecular flexibility index (Phi) is 3.39. The molecule has 0 fully saturated rings. The average molecular weight is 252 g/mol. The van der Waals surface area contributed by atoms with E-state index in [1.165, 1.54) is 22.3 Å². The fraction of sp³-hybridized carbons (Fsp3) is 0.333. The van der Waals surface area contributed by atoms with Gasteiger partial charge in [-0.2, -0.15) is 0 Å². The van der Waals surface area contributed by atoms with Crippen LogP contribution in [0.5, 0.6) is 0 Å². The molecule has 4 bridgehead atoms. The van der Waals surface area contributed by atoms with Crippen molar-refractivity contribution in [3.8, 4) is 0 Å². The number of rotatable bonds is 1. The summed E-state index contributed by atoms with van der Waals surface area (Å²) < 4.78 is 0. The van der Waals surface area contributed by atoms with E-state index in [-0.39, 0.29) is 6.10 Å². The average Bonchev–Trinajstić information content (AvgIpc) is 2.41. The topological polar surface area (TPSA) is 20.2 Å². The summed E-state index contributed by atoms with van der Waals surface area (Å²) >= 11 is 0. The van der Waals surface area contributed by atoms with E-state index in [2.05, 4.69) is 42.5 Å². The molecule has 19 heavy (non-hydrogen) atoms. The van der Waals surface area contributed by atoms with E-state index in [9.17, 15) is 5.11 Å². The van der Waals surface area contributed by atoms with Crippen molar-refractivity contribution in [2.75, 3.05) is 0 Å². The van der Waals surface area contributed by atoms with Gasteiger partial charge in [-0.05, 0) is 60.4 Å². The molecule has 6 rings (SSSR count). The van der Waals surface area contributed by atoms with Gasteiger partial charge in [0.2, 0.25) is 0 Å². The summed E-state index contributed by atoms with van der Waals surface area (Å²) in [6.45, 7) is 1.86. The molecular weight excluding hydrogens is 232 g/mol. The summed E-state index contributed by atoms with van der Waals surface area (Å²) in [6.07, 6.45) is 3.77. The first-order chi connectivity index (χ1) is 9.22. The van der Waals surface area contributed by atoms with E-state index in [1.54, 1.807) is 0 Å². The molecular formula is C18H20O. The monoisotopic (exact) mass is 252 g/mol. The number of aliphatic hydroxyl groups excluding tert-OH is 1. The third-order valence-electron chi connectivity index (χ3n) is 4.07. The zero-order valence-electron chi connectivity index (χ0n) is 11.4. The van der Waals surface area contributed by atoms with Gasteiger partial charge in [-0.1, -0.05) is 42.5 Å². The first-order valence-electron chi connectivity index (χ1n) is 7.10. The summed E-state index contributed by atoms with van der Waals surface area (Å²) in [5, 5.41) is 9.96. The molecule has 4 aliphatic carbocycles. The minimum Gasteiger partial charge on any atom is -0.389 e. The van der Waals surface area contributed by atoms with E-state index in [0.29, 0.717) is 0 Å². The number of hydrogen-bond donors (Lipinski definition) is 1. The van der Waals surface area contributed by atoms with E-state index < -0.39 is 0 Å². The Morgan fingerprint density at radius 2 is 1.32 bits per heavy atom. The molecule has 0 radical (unpaired) electrons. The molecule has 0 unspecified atom stereocenters. The number of benzene rings is 2. The third kappa shape index (κ3) is 2.71. The molecule has 0 saturated carbocycles. The molecule has 0 saturated heterocycles. The predicted molar refractivity (Wildman–Crippen MR) is 78.3 cm³/mol. The van der Waals surface area contributed by atoms with E-state index in [0.717, 1.165) is 31.2 Å². The lowest BCUT2D eigenvalue weighted by atomic mass is 9.92. The molecule has 1 heteroatoms. The molecule has 1 atom stereocenters. The van der Waals surface area contributed by atoms with Crippen LogP contribution in [0, 0.1) is 0 Å². The van der Waals surface area contributed by atoms with Crippen molar-refractivity contribution in [3.05, 3.63) is 70.3 Å². The largest absolute Gasteiger partial charge is 0.389 e. The number of aliphatic hydroxyl groups is 1. The van der Waals surface area contributed by atoms with Crippen LogP contribution >= 0.6 is 0 Å². The van der Waals surface area contributed by atoms with Crippen LogP contribution in [0.25, 0.3) is 0 Å². The second-order valence-electron chi connectivity index (χ2n) is 5.53. The molecule has 2 aromatic rings. The van der Waals surface area contributed by atoms with Gasteiger partial charge in [0.05, 0.1) is 6.10 Å². The standard InChI is InChI=1S/C18H20O/c1-13(19)18-12-16-7-6-14-2-4-15(5-3-14)8-10-17(18)11-9-16/h2-5,9,11-13,19H,6-8,10H2,1H3/t13-/m1/s1. The maximum absolute atomic E-state index is 9.96. The van der Waals surface area contributed by atoms with Crippen molar-refractivity contribution in [3.63, 3.8) is 0 Å². The second-order valence-corrected chi connectivity index (χ2v) is 5.53. The fourth-order valence-electron chi connectivity index (χ4n) is 2.86. The highest BCUT2D eigenvalue weighted by Gasteiger charge is 2.10. The molecule has 0 aliphatic heterocycles. The molecule has 4 aliphatic rings. The van der Waals surface area contributed by atoms with E-state index >= 15 is 0 Å². The first kappa shape index (κ1) is 12.4. The van der Waals surface area contributed by atoms with Crippen molar-refractivity contribution in [1.82, 2.24) is 0 Å². The van der Waals surface area contributed by atoms with Gasteiger partial charge in [-0.3, -0.25) is 0 Å². The van der Waals surface area contributed by atoms with Crippen molar-refractivity contribution >= 4 is 0 Å². The fourth-order valence-corrected chi connectivity index (χ4v) is 2.86. The second kappa shape index (κ2) is 5.18. The van der Waals surface area contributed by atoms with Crippen LogP contribution in [0.15, 0.2) is 42.5 Å². The highest BCUT2D eigenvalue weighted by molar-refractivity contribution is 5.36. The molecule has 1 N–H and O–H groups in total.